The minimum Gasteiger partial charge on any atom is -0.368 e. The number of nitrogens with one attached hydrogen (secondary N) is 2. The summed E-state index contributed by atoms with van der Waals surface area (Å²) in [5, 5.41) is 15.6. The van der Waals surface area contributed by atoms with Crippen molar-refractivity contribution in [1.82, 2.24) is 24.9 Å². The van der Waals surface area contributed by atoms with Gasteiger partial charge in [0, 0.05) is 54.7 Å². The number of imidazole rings is 1. The van der Waals surface area contributed by atoms with Crippen LogP contribution in [0.25, 0.3) is 16.6 Å². The Morgan fingerprint density at radius 2 is 2.12 bits per heavy atom. The Bertz CT molecular complexity index is 1380. The van der Waals surface area contributed by atoms with Gasteiger partial charge in [-0.15, -0.1) is 5.10 Å². The molecule has 8 nitrogen and oxygen atoms in total. The van der Waals surface area contributed by atoms with Gasteiger partial charge in [0.2, 0.25) is 0 Å². The van der Waals surface area contributed by atoms with Crippen molar-refractivity contribution < 1.29 is 9.18 Å². The second-order valence-corrected chi connectivity index (χ2v) is 8.70. The SMILES string of the molecule is Cc1cn2cc(NC(=O)c3ccc(N4CCNC5(CC5)C4)c4ccnnc34)cc(F)c2n1. The number of carbonyl (C=O) groups is 1. The summed E-state index contributed by atoms with van der Waals surface area (Å²) in [6.45, 7) is 4.57. The molecule has 1 spiro atoms. The zero-order chi connectivity index (χ0) is 21.9. The first-order valence-electron chi connectivity index (χ1n) is 10.7. The number of halogens is 1. The highest BCUT2D eigenvalue weighted by molar-refractivity contribution is 6.13. The largest absolute Gasteiger partial charge is 0.368 e. The molecule has 1 saturated carbocycles. The molecule has 9 heteroatoms. The van der Waals surface area contributed by atoms with E-state index in [-0.39, 0.29) is 17.1 Å². The lowest BCUT2D eigenvalue weighted by Crippen LogP contribution is -2.52. The standard InChI is InChI=1S/C23H22FN7O/c1-14-11-31-12-15(10-18(24)21(31)27-14)28-22(32)17-2-3-19(16-4-7-26-29-20(16)17)30-9-8-25-23(13-30)5-6-23/h2-4,7,10-12,25H,5-6,8-9,13H2,1H3,(H,28,32). The van der Waals surface area contributed by atoms with E-state index in [1.165, 1.54) is 18.9 Å². The van der Waals surface area contributed by atoms with Crippen LogP contribution in [0.4, 0.5) is 15.8 Å². The fourth-order valence-corrected chi connectivity index (χ4v) is 4.62. The molecule has 2 aliphatic rings. The van der Waals surface area contributed by atoms with Crippen molar-refractivity contribution in [3.8, 4) is 0 Å². The maximum Gasteiger partial charge on any atom is 0.257 e. The lowest BCUT2D eigenvalue weighted by atomic mass is 10.0. The quantitative estimate of drug-likeness (QED) is 0.519. The summed E-state index contributed by atoms with van der Waals surface area (Å²) >= 11 is 0. The van der Waals surface area contributed by atoms with Gasteiger partial charge in [-0.3, -0.25) is 4.79 Å². The molecule has 32 heavy (non-hydrogen) atoms. The second kappa shape index (κ2) is 6.96. The third-order valence-corrected chi connectivity index (χ3v) is 6.36. The van der Waals surface area contributed by atoms with Crippen LogP contribution in [0, 0.1) is 12.7 Å². The van der Waals surface area contributed by atoms with Crippen LogP contribution >= 0.6 is 0 Å². The number of fused-ring (bicyclic) bond motifs is 2. The number of benzene rings is 1. The van der Waals surface area contributed by atoms with Crippen LogP contribution in [0.5, 0.6) is 0 Å². The average Bonchev–Trinajstić information content (AvgIpc) is 3.41. The van der Waals surface area contributed by atoms with Crippen LogP contribution in [-0.4, -0.2) is 50.7 Å². The molecule has 4 heterocycles. The van der Waals surface area contributed by atoms with Gasteiger partial charge in [-0.1, -0.05) is 0 Å². The summed E-state index contributed by atoms with van der Waals surface area (Å²) in [5.74, 6) is -0.861. The number of rotatable bonds is 3. The Hall–Kier alpha value is -3.59. The summed E-state index contributed by atoms with van der Waals surface area (Å²) < 4.78 is 16.0. The van der Waals surface area contributed by atoms with Crippen molar-refractivity contribution >= 4 is 33.8 Å². The molecule has 6 rings (SSSR count). The molecular formula is C23H22FN7O. The lowest BCUT2D eigenvalue weighted by Gasteiger charge is -2.36. The van der Waals surface area contributed by atoms with E-state index in [4.69, 9.17) is 0 Å². The Morgan fingerprint density at radius 3 is 2.97 bits per heavy atom. The number of amides is 1. The van der Waals surface area contributed by atoms with Crippen LogP contribution in [0.3, 0.4) is 0 Å². The number of anilines is 2. The molecule has 2 N–H and O–H groups in total. The minimum absolute atomic E-state index is 0.227. The Labute approximate surface area is 183 Å². The first-order valence-corrected chi connectivity index (χ1v) is 10.7. The molecule has 0 bridgehead atoms. The minimum atomic E-state index is -0.497. The van der Waals surface area contributed by atoms with E-state index in [0.717, 1.165) is 30.7 Å². The molecule has 1 aromatic carbocycles. The lowest BCUT2D eigenvalue weighted by molar-refractivity contribution is 0.102. The number of hydrogen-bond donors (Lipinski definition) is 2. The van der Waals surface area contributed by atoms with Crippen molar-refractivity contribution in [2.75, 3.05) is 29.9 Å². The van der Waals surface area contributed by atoms with Crippen LogP contribution in [0.1, 0.15) is 28.9 Å². The van der Waals surface area contributed by atoms with Gasteiger partial charge >= 0.3 is 0 Å². The molecule has 4 aromatic rings. The molecule has 2 fully saturated rings. The van der Waals surface area contributed by atoms with E-state index in [1.807, 2.05) is 12.1 Å². The third kappa shape index (κ3) is 3.16. The topological polar surface area (TPSA) is 87.5 Å². The van der Waals surface area contributed by atoms with Crippen LogP contribution in [0.2, 0.25) is 0 Å². The number of carbonyl (C=O) groups excluding carboxylic acids is 1. The van der Waals surface area contributed by atoms with Crippen molar-refractivity contribution in [2.24, 2.45) is 0 Å². The third-order valence-electron chi connectivity index (χ3n) is 6.36. The molecule has 162 valence electrons. The van der Waals surface area contributed by atoms with E-state index in [0.29, 0.717) is 22.5 Å². The summed E-state index contributed by atoms with van der Waals surface area (Å²) in [6, 6.07) is 6.93. The molecule has 3 aromatic heterocycles. The van der Waals surface area contributed by atoms with Gasteiger partial charge in [0.15, 0.2) is 11.5 Å². The molecule has 1 amide bonds. The number of nitrogens with zero attached hydrogens (tertiary/aromatic N) is 5. The van der Waals surface area contributed by atoms with Gasteiger partial charge in [-0.05, 0) is 38.0 Å². The number of hydrogen-bond acceptors (Lipinski definition) is 6. The molecule has 0 unspecified atom stereocenters. The van der Waals surface area contributed by atoms with E-state index in [1.54, 1.807) is 36.0 Å². The molecule has 0 radical (unpaired) electrons. The van der Waals surface area contributed by atoms with E-state index in [9.17, 15) is 9.18 Å². The van der Waals surface area contributed by atoms with E-state index in [2.05, 4.69) is 30.7 Å². The highest BCUT2D eigenvalue weighted by atomic mass is 19.1. The van der Waals surface area contributed by atoms with Crippen molar-refractivity contribution in [2.45, 2.75) is 25.3 Å². The Morgan fingerprint density at radius 1 is 1.25 bits per heavy atom. The van der Waals surface area contributed by atoms with Gasteiger partial charge in [0.05, 0.1) is 23.1 Å². The van der Waals surface area contributed by atoms with Crippen LogP contribution < -0.4 is 15.5 Å². The monoisotopic (exact) mass is 431 g/mol. The first kappa shape index (κ1) is 19.1. The zero-order valence-electron chi connectivity index (χ0n) is 17.6. The maximum absolute atomic E-state index is 14.4. The first-order chi connectivity index (χ1) is 15.5. The predicted octanol–water partition coefficient (Wildman–Crippen LogP) is 2.92. The predicted molar refractivity (Wildman–Crippen MR) is 120 cm³/mol. The second-order valence-electron chi connectivity index (χ2n) is 8.70. The van der Waals surface area contributed by atoms with Crippen molar-refractivity contribution in [3.63, 3.8) is 0 Å². The van der Waals surface area contributed by atoms with Gasteiger partial charge < -0.3 is 19.9 Å². The molecule has 1 aliphatic carbocycles. The molecular weight excluding hydrogens is 409 g/mol. The Kier molecular flexibility index (Phi) is 4.16. The fraction of sp³-hybridized carbons (Fsp3) is 0.304. The van der Waals surface area contributed by atoms with E-state index < -0.39 is 5.82 Å². The summed E-state index contributed by atoms with van der Waals surface area (Å²) in [5.41, 5.74) is 3.49. The summed E-state index contributed by atoms with van der Waals surface area (Å²) in [4.78, 5) is 19.6. The Balaban J connectivity index is 1.35. The number of pyridine rings is 1. The smallest absolute Gasteiger partial charge is 0.257 e. The van der Waals surface area contributed by atoms with Gasteiger partial charge in [0.1, 0.15) is 5.52 Å². The highest BCUT2D eigenvalue weighted by Gasteiger charge is 2.45. The normalized spacial score (nSPS) is 17.2. The zero-order valence-corrected chi connectivity index (χ0v) is 17.6. The number of aryl methyl sites for hydroxylation is 1. The van der Waals surface area contributed by atoms with Crippen LogP contribution in [-0.2, 0) is 0 Å². The maximum atomic E-state index is 14.4. The number of piperazine rings is 1. The van der Waals surface area contributed by atoms with E-state index >= 15 is 0 Å². The van der Waals surface area contributed by atoms with Crippen molar-refractivity contribution in [3.05, 3.63) is 59.9 Å². The summed E-state index contributed by atoms with van der Waals surface area (Å²) in [7, 11) is 0. The average molecular weight is 431 g/mol. The number of aromatic nitrogens is 4. The molecule has 1 saturated heterocycles. The highest BCUT2D eigenvalue weighted by Crippen LogP contribution is 2.40. The molecule has 0 atom stereocenters. The van der Waals surface area contributed by atoms with Gasteiger partial charge in [-0.2, -0.15) is 5.10 Å². The van der Waals surface area contributed by atoms with Gasteiger partial charge in [0.25, 0.3) is 5.91 Å². The fourth-order valence-electron chi connectivity index (χ4n) is 4.62. The van der Waals surface area contributed by atoms with Crippen LogP contribution in [0.15, 0.2) is 42.9 Å². The van der Waals surface area contributed by atoms with Gasteiger partial charge in [-0.25, -0.2) is 9.37 Å². The summed E-state index contributed by atoms with van der Waals surface area (Å²) in [6.07, 6.45) is 7.39. The van der Waals surface area contributed by atoms with Crippen molar-refractivity contribution in [1.29, 1.82) is 0 Å². The molecule has 1 aliphatic heterocycles.